The molecule has 23 nitrogen and oxygen atoms in total. The molecule has 0 spiro atoms. The monoisotopic (exact) mass is 1330 g/mol. The van der Waals surface area contributed by atoms with Crippen molar-refractivity contribution in [3.05, 3.63) is 105 Å². The average Bonchev–Trinajstić information content (AvgIpc) is 2.02. The molecular formula is C53H59Cl3F10N14O9. The van der Waals surface area contributed by atoms with Crippen LogP contribution in [0.25, 0.3) is 34.2 Å². The molecule has 3 heterocycles. The topological polar surface area (TPSA) is 292 Å². The molecule has 0 radical (unpaired) electrons. The van der Waals surface area contributed by atoms with Gasteiger partial charge >= 0.3 is 44.0 Å². The molecule has 6 aromatic rings. The van der Waals surface area contributed by atoms with Gasteiger partial charge in [0.25, 0.3) is 12.9 Å². The minimum Gasteiger partial charge on any atom is -0.448 e. The Hall–Kier alpha value is -7.75. The number of carbonyl (C=O) groups excluding carboxylic acids is 4. The zero-order chi connectivity index (χ0) is 65.9. The molecule has 7 N–H and O–H groups in total. The quantitative estimate of drug-likeness (QED) is 0.0306. The molecule has 0 bridgehead atoms. The molecule has 8 rings (SSSR count). The van der Waals surface area contributed by atoms with E-state index in [1.54, 1.807) is 47.6 Å². The second-order valence-corrected chi connectivity index (χ2v) is 22.9. The molecule has 2 fully saturated rings. The van der Waals surface area contributed by atoms with Gasteiger partial charge in [-0.2, -0.15) is 55.7 Å². The van der Waals surface area contributed by atoms with E-state index >= 15 is 0 Å². The Morgan fingerprint density at radius 2 is 0.865 bits per heavy atom. The smallest absolute Gasteiger partial charge is 0.408 e. The van der Waals surface area contributed by atoms with Crippen molar-refractivity contribution in [1.82, 2.24) is 65.6 Å². The van der Waals surface area contributed by atoms with Crippen LogP contribution in [-0.2, 0) is 18.9 Å². The molecule has 3 aromatic heterocycles. The van der Waals surface area contributed by atoms with Crippen LogP contribution in [0, 0.1) is 0 Å². The van der Waals surface area contributed by atoms with E-state index in [9.17, 15) is 68.2 Å². The molecule has 0 unspecified atom stereocenters. The third-order valence-corrected chi connectivity index (χ3v) is 13.6. The van der Waals surface area contributed by atoms with Gasteiger partial charge in [0.2, 0.25) is 0 Å². The van der Waals surface area contributed by atoms with Crippen molar-refractivity contribution in [3.63, 3.8) is 0 Å². The minimum absolute atomic E-state index is 0.0749. The molecule has 0 saturated heterocycles. The Morgan fingerprint density at radius 3 is 1.19 bits per heavy atom. The molecule has 2 saturated carbocycles. The lowest BCUT2D eigenvalue weighted by Crippen LogP contribution is -2.43. The van der Waals surface area contributed by atoms with Crippen molar-refractivity contribution < 1.29 is 87.1 Å². The first-order valence-electron chi connectivity index (χ1n) is 26.4. The van der Waals surface area contributed by atoms with Gasteiger partial charge in [-0.25, -0.2) is 51.7 Å². The Bertz CT molecular complexity index is 3400. The van der Waals surface area contributed by atoms with Gasteiger partial charge in [-0.1, -0.05) is 53.0 Å². The summed E-state index contributed by atoms with van der Waals surface area (Å²) in [5.74, 6) is -0.504. The van der Waals surface area contributed by atoms with E-state index in [1.165, 1.54) is 48.5 Å². The number of benzene rings is 3. The van der Waals surface area contributed by atoms with Crippen LogP contribution in [0.15, 0.2) is 73.6 Å². The molecule has 4 amide bonds. The number of aliphatic hydroxyl groups is 1. The highest BCUT2D eigenvalue weighted by molar-refractivity contribution is 6.34. The summed E-state index contributed by atoms with van der Waals surface area (Å²) in [6, 6.07) is 10.4. The molecule has 3 atom stereocenters. The number of amides is 4. The first kappa shape index (κ1) is 70.3. The maximum atomic E-state index is 13.3. The van der Waals surface area contributed by atoms with E-state index in [0.717, 1.165) is 19.0 Å². The van der Waals surface area contributed by atoms with Gasteiger partial charge in [0.15, 0.2) is 17.5 Å². The lowest BCUT2D eigenvalue weighted by molar-refractivity contribution is 0.0454. The van der Waals surface area contributed by atoms with Crippen LogP contribution in [-0.4, -0.2) is 129 Å². The summed E-state index contributed by atoms with van der Waals surface area (Å²) < 4.78 is 152. The predicted molar refractivity (Wildman–Crippen MR) is 298 cm³/mol. The maximum Gasteiger partial charge on any atom is 0.408 e. The number of halogens is 13. The fourth-order valence-electron chi connectivity index (χ4n) is 7.88. The Kier molecular flexibility index (Phi) is 23.5. The van der Waals surface area contributed by atoms with Crippen LogP contribution >= 0.6 is 34.8 Å². The van der Waals surface area contributed by atoms with Crippen LogP contribution < -0.4 is 27.0 Å². The summed E-state index contributed by atoms with van der Waals surface area (Å²) >= 11 is 18.4. The van der Waals surface area contributed by atoms with Crippen molar-refractivity contribution in [1.29, 1.82) is 0 Å². The third-order valence-electron chi connectivity index (χ3n) is 12.7. The van der Waals surface area contributed by atoms with Gasteiger partial charge in [0.05, 0.1) is 39.8 Å². The zero-order valence-corrected chi connectivity index (χ0v) is 50.0. The molecule has 486 valence electrons. The number of hydrogen-bond donors (Lipinski definition) is 6. The number of ether oxygens (including phenoxy) is 4. The number of aromatic nitrogens is 9. The molecule has 0 aliphatic heterocycles. The predicted octanol–water partition coefficient (Wildman–Crippen LogP) is 12.2. The molecule has 36 heteroatoms. The summed E-state index contributed by atoms with van der Waals surface area (Å²) in [5, 5.41) is 29.7. The highest BCUT2D eigenvalue weighted by atomic mass is 35.5. The fourth-order valence-corrected chi connectivity index (χ4v) is 8.49. The number of alkyl carbamates (subject to hydrolysis) is 4. The largest absolute Gasteiger partial charge is 0.448 e. The number of nitrogens with two attached hydrogens (primary N) is 1. The van der Waals surface area contributed by atoms with Gasteiger partial charge in [-0.15, -0.1) is 0 Å². The second kappa shape index (κ2) is 29.7. The maximum absolute atomic E-state index is 13.3. The molecule has 2 aliphatic rings. The van der Waals surface area contributed by atoms with Crippen LogP contribution in [0.4, 0.5) is 63.1 Å². The lowest BCUT2D eigenvalue weighted by Gasteiger charge is -2.24. The van der Waals surface area contributed by atoms with E-state index < -0.39 is 110 Å². The standard InChI is InChI=1S/C21H24ClF4N5O4.C16H16ClF4N5O2.C16H19ClF2N4O3/c1-20(2,3)35-18(32)29-14(9-34-19(33)30-21(6-7-21)16(23)24)11-4-5-13(22)12(8-11)15-27-10-28-31(15)17(25)26;17-10-2-1-8(5-9(10)12-23-7-24-26(12)14(20)21)11(22)6-28-15(27)25-16(3-4-16)13(18)19;1-16(2,3)26-15(25)22-12(7-24)9-4-5-11(17)10(6-9)13-20-8-21-23(13)14(18)19/h4-5,8,10,14,16-17H,6-7,9H2,1-3H3,(H,29,32)(H,30,33);1-2,5,7,11,13-14H,3-4,6,22H2,(H,25,27);4-6,8,12,14,24H,7H2,1-3H3,(H,22,25)/t14-;11-;12-/m111/s1. The zero-order valence-electron chi connectivity index (χ0n) is 47.7. The van der Waals surface area contributed by atoms with Crippen molar-refractivity contribution in [3.8, 4) is 34.2 Å². The summed E-state index contributed by atoms with van der Waals surface area (Å²) in [5.41, 5.74) is 2.90. The van der Waals surface area contributed by atoms with Gasteiger partial charge in [0.1, 0.15) is 54.5 Å². The van der Waals surface area contributed by atoms with Crippen LogP contribution in [0.5, 0.6) is 0 Å². The number of alkyl halides is 10. The number of carbonyl (C=O) groups is 4. The van der Waals surface area contributed by atoms with Gasteiger partial charge < -0.3 is 51.1 Å². The van der Waals surface area contributed by atoms with Crippen LogP contribution in [0.2, 0.25) is 15.1 Å². The SMILES string of the molecule is CC(C)(C)OC(=O)N[C@H](CO)c1ccc(Cl)c(-c2ncnn2C(F)F)c1.CC(C)(C)OC(=O)N[C@H](COC(=O)NC1(C(F)F)CC1)c1ccc(Cl)c(-c2ncnn2C(F)F)c1.N[C@H](COC(=O)NC1(C(F)F)CC1)c1ccc(Cl)c(-c2ncnn2C(F)F)c1. The summed E-state index contributed by atoms with van der Waals surface area (Å²) in [6.45, 7) is 0.0348. The average molecular weight is 1330 g/mol. The first-order valence-corrected chi connectivity index (χ1v) is 27.5. The lowest BCUT2D eigenvalue weighted by atomic mass is 10.0. The van der Waals surface area contributed by atoms with E-state index in [2.05, 4.69) is 51.5 Å². The summed E-state index contributed by atoms with van der Waals surface area (Å²) in [7, 11) is 0. The van der Waals surface area contributed by atoms with Crippen LogP contribution in [0.1, 0.15) is 122 Å². The van der Waals surface area contributed by atoms with Crippen LogP contribution in [0.3, 0.4) is 0 Å². The van der Waals surface area contributed by atoms with Gasteiger partial charge in [-0.05, 0) is 120 Å². The highest BCUT2D eigenvalue weighted by Crippen LogP contribution is 2.42. The number of aliphatic hydroxyl groups excluding tert-OH is 1. The van der Waals surface area contributed by atoms with E-state index in [0.29, 0.717) is 30.7 Å². The summed E-state index contributed by atoms with van der Waals surface area (Å²) in [6.07, 6.45) is -5.62. The second-order valence-electron chi connectivity index (χ2n) is 21.7. The van der Waals surface area contributed by atoms with Gasteiger partial charge in [-0.3, -0.25) is 0 Å². The van der Waals surface area contributed by atoms with E-state index in [-0.39, 0.29) is 81.5 Å². The van der Waals surface area contributed by atoms with Crippen molar-refractivity contribution in [2.75, 3.05) is 19.8 Å². The van der Waals surface area contributed by atoms with Crippen molar-refractivity contribution in [2.45, 2.75) is 140 Å². The number of rotatable bonds is 20. The molecule has 89 heavy (non-hydrogen) atoms. The number of nitrogens with one attached hydrogen (secondary N) is 4. The molecule has 2 aliphatic carbocycles. The fraction of sp³-hybridized carbons (Fsp3) is 0.472. The Balaban J connectivity index is 0.000000216. The first-order chi connectivity index (χ1) is 41.7. The van der Waals surface area contributed by atoms with Crippen molar-refractivity contribution in [2.24, 2.45) is 5.73 Å². The van der Waals surface area contributed by atoms with E-state index in [1.807, 2.05) is 0 Å². The number of nitrogens with zero attached hydrogens (tertiary/aromatic N) is 9. The third kappa shape index (κ3) is 19.4. The highest BCUT2D eigenvalue weighted by Gasteiger charge is 2.54. The summed E-state index contributed by atoms with van der Waals surface area (Å²) in [4.78, 5) is 59.6. The Labute approximate surface area is 515 Å². The molecule has 3 aromatic carbocycles. The minimum atomic E-state index is -2.99. The number of hydrogen-bond acceptors (Lipinski definition) is 16. The van der Waals surface area contributed by atoms with Crippen molar-refractivity contribution >= 4 is 59.2 Å². The Morgan fingerprint density at radius 1 is 0.539 bits per heavy atom. The van der Waals surface area contributed by atoms with E-state index in [4.69, 9.17) is 59.5 Å². The van der Waals surface area contributed by atoms with Gasteiger partial charge in [0, 0.05) is 16.7 Å². The normalized spacial score (nSPS) is 15.0. The molecular weight excluding hydrogens is 1270 g/mol.